The maximum absolute atomic E-state index is 12.0. The molecule has 3 heteroatoms. The number of hydrogen-bond donors (Lipinski definition) is 1. The van der Waals surface area contributed by atoms with Crippen LogP contribution in [0.2, 0.25) is 0 Å². The Morgan fingerprint density at radius 1 is 1.13 bits per heavy atom. The zero-order chi connectivity index (χ0) is 11.8. The highest BCUT2D eigenvalue weighted by molar-refractivity contribution is 7.86. The van der Waals surface area contributed by atoms with Crippen molar-refractivity contribution >= 4 is 10.8 Å². The fourth-order valence-electron chi connectivity index (χ4n) is 1.63. The Balaban J connectivity index is 3.90. The van der Waals surface area contributed by atoms with Gasteiger partial charge in [-0.25, -0.2) is 0 Å². The molecule has 0 bridgehead atoms. The monoisotopic (exact) mass is 233 g/mol. The van der Waals surface area contributed by atoms with Gasteiger partial charge in [0.15, 0.2) is 0 Å². The summed E-state index contributed by atoms with van der Waals surface area (Å²) in [6.07, 6.45) is 3.18. The Bertz CT molecular complexity index is 184. The largest absolute Gasteiger partial charge is 0.314 e. The average molecular weight is 233 g/mol. The SMILES string of the molecule is CCCNC(C)CC(C)S(=O)C(C)CC. The number of rotatable bonds is 8. The maximum atomic E-state index is 12.0. The number of hydrogen-bond acceptors (Lipinski definition) is 2. The summed E-state index contributed by atoms with van der Waals surface area (Å²) in [7, 11) is -0.676. The molecule has 0 saturated carbocycles. The summed E-state index contributed by atoms with van der Waals surface area (Å²) in [6.45, 7) is 11.7. The molecule has 0 rings (SSSR count). The second kappa shape index (κ2) is 8.28. The van der Waals surface area contributed by atoms with Crippen LogP contribution in [0.3, 0.4) is 0 Å². The Morgan fingerprint density at radius 3 is 2.20 bits per heavy atom. The normalized spacial score (nSPS) is 19.5. The Kier molecular flexibility index (Phi) is 8.34. The lowest BCUT2D eigenvalue weighted by atomic mass is 10.2. The van der Waals surface area contributed by atoms with Crippen LogP contribution >= 0.6 is 0 Å². The van der Waals surface area contributed by atoms with Crippen molar-refractivity contribution in [3.05, 3.63) is 0 Å². The van der Waals surface area contributed by atoms with E-state index in [1.807, 2.05) is 0 Å². The molecule has 2 nitrogen and oxygen atoms in total. The molecule has 92 valence electrons. The van der Waals surface area contributed by atoms with Crippen molar-refractivity contribution in [3.8, 4) is 0 Å². The van der Waals surface area contributed by atoms with Gasteiger partial charge in [-0.05, 0) is 32.7 Å². The topological polar surface area (TPSA) is 29.1 Å². The van der Waals surface area contributed by atoms with E-state index in [-0.39, 0.29) is 0 Å². The van der Waals surface area contributed by atoms with Crippen molar-refractivity contribution in [1.29, 1.82) is 0 Å². The quantitative estimate of drug-likeness (QED) is 0.698. The molecular weight excluding hydrogens is 206 g/mol. The molecule has 0 saturated heterocycles. The van der Waals surface area contributed by atoms with Crippen LogP contribution < -0.4 is 5.32 Å². The first kappa shape index (κ1) is 15.1. The molecule has 0 heterocycles. The van der Waals surface area contributed by atoms with E-state index in [9.17, 15) is 4.21 Å². The Morgan fingerprint density at radius 2 is 1.73 bits per heavy atom. The van der Waals surface area contributed by atoms with Gasteiger partial charge < -0.3 is 5.32 Å². The highest BCUT2D eigenvalue weighted by atomic mass is 32.2. The third-order valence-corrected chi connectivity index (χ3v) is 4.91. The fourth-order valence-corrected chi connectivity index (χ4v) is 3.23. The first-order valence-electron chi connectivity index (χ1n) is 6.15. The fraction of sp³-hybridized carbons (Fsp3) is 1.00. The van der Waals surface area contributed by atoms with Gasteiger partial charge in [0.25, 0.3) is 0 Å². The molecule has 0 spiro atoms. The van der Waals surface area contributed by atoms with Crippen molar-refractivity contribution in [1.82, 2.24) is 5.32 Å². The van der Waals surface area contributed by atoms with Crippen LogP contribution in [-0.2, 0) is 10.8 Å². The second-order valence-electron chi connectivity index (χ2n) is 4.45. The van der Waals surface area contributed by atoms with Crippen LogP contribution in [0.5, 0.6) is 0 Å². The van der Waals surface area contributed by atoms with Gasteiger partial charge in [0.1, 0.15) is 0 Å². The molecule has 0 aliphatic heterocycles. The third-order valence-electron chi connectivity index (χ3n) is 2.80. The summed E-state index contributed by atoms with van der Waals surface area (Å²) >= 11 is 0. The summed E-state index contributed by atoms with van der Waals surface area (Å²) in [6, 6.07) is 0.480. The van der Waals surface area contributed by atoms with Gasteiger partial charge in [-0.1, -0.05) is 27.7 Å². The molecule has 4 unspecified atom stereocenters. The molecular formula is C12H27NOS. The first-order valence-corrected chi connectivity index (χ1v) is 7.43. The van der Waals surface area contributed by atoms with E-state index in [0.29, 0.717) is 16.5 Å². The molecule has 1 N–H and O–H groups in total. The minimum absolute atomic E-state index is 0.305. The van der Waals surface area contributed by atoms with E-state index in [4.69, 9.17) is 0 Å². The number of nitrogens with one attached hydrogen (secondary N) is 1. The maximum Gasteiger partial charge on any atom is 0.0337 e. The summed E-state index contributed by atoms with van der Waals surface area (Å²) in [5.74, 6) is 0. The van der Waals surface area contributed by atoms with Crippen LogP contribution in [0.1, 0.15) is 53.9 Å². The third kappa shape index (κ3) is 6.31. The zero-order valence-corrected chi connectivity index (χ0v) is 11.7. The van der Waals surface area contributed by atoms with Crippen LogP contribution in [0, 0.1) is 0 Å². The van der Waals surface area contributed by atoms with Crippen LogP contribution in [-0.4, -0.2) is 27.3 Å². The average Bonchev–Trinajstić information content (AvgIpc) is 2.23. The van der Waals surface area contributed by atoms with Crippen molar-refractivity contribution in [3.63, 3.8) is 0 Å². The lowest BCUT2D eigenvalue weighted by Crippen LogP contribution is -2.32. The van der Waals surface area contributed by atoms with Crippen molar-refractivity contribution in [2.45, 2.75) is 70.4 Å². The van der Waals surface area contributed by atoms with E-state index >= 15 is 0 Å². The molecule has 15 heavy (non-hydrogen) atoms. The molecule has 0 amide bonds. The lowest BCUT2D eigenvalue weighted by molar-refractivity contribution is 0.507. The van der Waals surface area contributed by atoms with E-state index < -0.39 is 10.8 Å². The van der Waals surface area contributed by atoms with Gasteiger partial charge in [-0.15, -0.1) is 0 Å². The highest BCUT2D eigenvalue weighted by Gasteiger charge is 2.18. The van der Waals surface area contributed by atoms with Gasteiger partial charge in [-0.2, -0.15) is 0 Å². The molecule has 4 atom stereocenters. The van der Waals surface area contributed by atoms with Gasteiger partial charge in [0.05, 0.1) is 0 Å². The zero-order valence-electron chi connectivity index (χ0n) is 10.9. The first-order chi connectivity index (χ1) is 7.02. The van der Waals surface area contributed by atoms with Crippen molar-refractivity contribution in [2.24, 2.45) is 0 Å². The predicted octanol–water partition coefficient (Wildman–Crippen LogP) is 2.70. The summed E-state index contributed by atoms with van der Waals surface area (Å²) in [5.41, 5.74) is 0. The van der Waals surface area contributed by atoms with Gasteiger partial charge >= 0.3 is 0 Å². The standard InChI is InChI=1S/C12H27NOS/c1-6-8-13-10(3)9-12(5)15(14)11(4)7-2/h10-13H,6-9H2,1-5H3. The van der Waals surface area contributed by atoms with Crippen LogP contribution in [0.4, 0.5) is 0 Å². The molecule has 0 radical (unpaired) electrons. The highest BCUT2D eigenvalue weighted by Crippen LogP contribution is 2.12. The summed E-state index contributed by atoms with van der Waals surface area (Å²) in [4.78, 5) is 0. The van der Waals surface area contributed by atoms with E-state index in [1.165, 1.54) is 0 Å². The van der Waals surface area contributed by atoms with E-state index in [2.05, 4.69) is 39.9 Å². The van der Waals surface area contributed by atoms with Crippen molar-refractivity contribution < 1.29 is 4.21 Å². The summed E-state index contributed by atoms with van der Waals surface area (Å²) < 4.78 is 12.0. The van der Waals surface area contributed by atoms with Gasteiger partial charge in [0, 0.05) is 27.3 Å². The van der Waals surface area contributed by atoms with Gasteiger partial charge in [-0.3, -0.25) is 4.21 Å². The van der Waals surface area contributed by atoms with Crippen LogP contribution in [0.25, 0.3) is 0 Å². The van der Waals surface area contributed by atoms with Crippen LogP contribution in [0.15, 0.2) is 0 Å². The molecule has 0 aliphatic carbocycles. The van der Waals surface area contributed by atoms with Crippen molar-refractivity contribution in [2.75, 3.05) is 6.54 Å². The molecule has 0 aromatic heterocycles. The smallest absolute Gasteiger partial charge is 0.0337 e. The Hall–Kier alpha value is 0.110. The molecule has 0 aromatic rings. The lowest BCUT2D eigenvalue weighted by Gasteiger charge is -2.20. The minimum Gasteiger partial charge on any atom is -0.314 e. The molecule has 0 aromatic carbocycles. The minimum atomic E-state index is -0.676. The van der Waals surface area contributed by atoms with Gasteiger partial charge in [0.2, 0.25) is 0 Å². The molecule has 0 aliphatic rings. The predicted molar refractivity (Wildman–Crippen MR) is 69.7 cm³/mol. The van der Waals surface area contributed by atoms with E-state index in [0.717, 1.165) is 25.8 Å². The van der Waals surface area contributed by atoms with E-state index in [1.54, 1.807) is 0 Å². The summed E-state index contributed by atoms with van der Waals surface area (Å²) in [5, 5.41) is 4.08. The Labute approximate surface area is 97.7 Å². The molecule has 0 fully saturated rings. The second-order valence-corrected chi connectivity index (χ2v) is 6.72.